The molecule has 0 spiro atoms. The molecule has 0 aliphatic carbocycles. The molecule has 1 aromatic heterocycles. The molecule has 0 bridgehead atoms. The molecule has 3 aromatic rings. The number of benzene rings is 2. The van der Waals surface area contributed by atoms with E-state index in [-0.39, 0.29) is 5.91 Å². The molecule has 0 saturated heterocycles. The van der Waals surface area contributed by atoms with Crippen LogP contribution in [-0.4, -0.2) is 34.8 Å². The summed E-state index contributed by atoms with van der Waals surface area (Å²) >= 11 is 0. The van der Waals surface area contributed by atoms with E-state index in [4.69, 9.17) is 9.94 Å². The molecule has 4 N–H and O–H groups in total. The van der Waals surface area contributed by atoms with Crippen LogP contribution in [0.2, 0.25) is 0 Å². The summed E-state index contributed by atoms with van der Waals surface area (Å²) in [4.78, 5) is 15.6. The van der Waals surface area contributed by atoms with Crippen molar-refractivity contribution in [3.8, 4) is 5.75 Å². The number of hydrogen-bond acceptors (Lipinski definition) is 5. The second-order valence-corrected chi connectivity index (χ2v) is 6.15. The topological polar surface area (TPSA) is 111 Å². The molecule has 1 amide bonds. The summed E-state index contributed by atoms with van der Waals surface area (Å²) in [6.45, 7) is 3.40. The Morgan fingerprint density at radius 1 is 1.07 bits per heavy atom. The van der Waals surface area contributed by atoms with Gasteiger partial charge in [0, 0.05) is 16.6 Å². The maximum atomic E-state index is 12.5. The van der Waals surface area contributed by atoms with Crippen LogP contribution in [0.4, 0.5) is 5.69 Å². The zero-order valence-corrected chi connectivity index (χ0v) is 15.8. The molecular weight excluding hydrogens is 358 g/mol. The molecule has 8 heteroatoms. The lowest BCUT2D eigenvalue weighted by Crippen LogP contribution is -2.14. The summed E-state index contributed by atoms with van der Waals surface area (Å²) in [6.07, 6.45) is 0. The zero-order valence-electron chi connectivity index (χ0n) is 15.8. The van der Waals surface area contributed by atoms with Gasteiger partial charge in [0.2, 0.25) is 0 Å². The Morgan fingerprint density at radius 2 is 1.82 bits per heavy atom. The summed E-state index contributed by atoms with van der Waals surface area (Å²) in [7, 11) is 1.61. The predicted octanol–water partition coefficient (Wildman–Crippen LogP) is 3.55. The number of fused-ring (bicyclic) bond motifs is 1. The number of methoxy groups -OCH3 is 1. The first kappa shape index (κ1) is 19.1. The highest BCUT2D eigenvalue weighted by molar-refractivity contribution is 6.06. The minimum Gasteiger partial charge on any atom is -0.497 e. The molecule has 8 nitrogen and oxygen atoms in total. The van der Waals surface area contributed by atoms with Crippen LogP contribution in [0.25, 0.3) is 10.9 Å². The first-order chi connectivity index (χ1) is 13.5. The normalized spacial score (nSPS) is 12.1. The van der Waals surface area contributed by atoms with Crippen molar-refractivity contribution in [1.29, 1.82) is 0 Å². The van der Waals surface area contributed by atoms with E-state index >= 15 is 0 Å². The van der Waals surface area contributed by atoms with Gasteiger partial charge in [-0.2, -0.15) is 5.10 Å². The van der Waals surface area contributed by atoms with Crippen molar-refractivity contribution in [3.05, 3.63) is 59.8 Å². The fraction of sp³-hybridized carbons (Fsp3) is 0.150. The average Bonchev–Trinajstić information content (AvgIpc) is 3.15. The standard InChI is InChI=1S/C20H21N5O3/c1-12(23-24-13(2)25-27)14-4-6-16(7-5-14)21-20(26)19-11-15-10-17(28-3)8-9-18(15)22-19/h4-11,22,27H,1-3H3,(H,21,26)(H,24,25)/b23-12+. The van der Waals surface area contributed by atoms with Crippen molar-refractivity contribution in [1.82, 2.24) is 10.5 Å². The van der Waals surface area contributed by atoms with E-state index in [1.165, 1.54) is 0 Å². The van der Waals surface area contributed by atoms with Gasteiger partial charge in [-0.05, 0) is 55.8 Å². The molecule has 0 radical (unpaired) electrons. The van der Waals surface area contributed by atoms with E-state index in [0.717, 1.165) is 22.2 Å². The van der Waals surface area contributed by atoms with Crippen molar-refractivity contribution in [2.75, 3.05) is 12.4 Å². The molecule has 3 rings (SSSR count). The maximum absolute atomic E-state index is 12.5. The van der Waals surface area contributed by atoms with Gasteiger partial charge in [-0.15, -0.1) is 5.10 Å². The van der Waals surface area contributed by atoms with Crippen molar-refractivity contribution in [3.63, 3.8) is 0 Å². The molecule has 0 saturated carbocycles. The van der Waals surface area contributed by atoms with Crippen LogP contribution in [0.3, 0.4) is 0 Å². The van der Waals surface area contributed by atoms with Gasteiger partial charge in [0.05, 0.1) is 12.8 Å². The van der Waals surface area contributed by atoms with Crippen LogP contribution in [0.1, 0.15) is 29.9 Å². The van der Waals surface area contributed by atoms with Crippen LogP contribution in [0.5, 0.6) is 5.75 Å². The van der Waals surface area contributed by atoms with Gasteiger partial charge in [-0.25, -0.2) is 0 Å². The predicted molar refractivity (Wildman–Crippen MR) is 109 cm³/mol. The van der Waals surface area contributed by atoms with Crippen LogP contribution in [0.15, 0.2) is 58.7 Å². The number of carbonyl (C=O) groups is 1. The Kier molecular flexibility index (Phi) is 5.71. The number of carbonyl (C=O) groups excluding carboxylic acids is 1. The molecule has 28 heavy (non-hydrogen) atoms. The second-order valence-electron chi connectivity index (χ2n) is 6.15. The first-order valence-corrected chi connectivity index (χ1v) is 8.57. The Balaban J connectivity index is 1.72. The average molecular weight is 379 g/mol. The van der Waals surface area contributed by atoms with Crippen molar-refractivity contribution in [2.24, 2.45) is 10.2 Å². The number of amides is 1. The highest BCUT2D eigenvalue weighted by atomic mass is 16.5. The number of amidine groups is 1. The highest BCUT2D eigenvalue weighted by Gasteiger charge is 2.10. The number of rotatable bonds is 5. The van der Waals surface area contributed by atoms with Crippen molar-refractivity contribution >= 4 is 34.0 Å². The third-order valence-corrected chi connectivity index (χ3v) is 4.14. The number of nitrogens with zero attached hydrogens (tertiary/aromatic N) is 2. The lowest BCUT2D eigenvalue weighted by molar-refractivity contribution is 0.102. The van der Waals surface area contributed by atoms with Crippen molar-refractivity contribution in [2.45, 2.75) is 13.8 Å². The highest BCUT2D eigenvalue weighted by Crippen LogP contribution is 2.22. The molecule has 0 fully saturated rings. The van der Waals surface area contributed by atoms with Gasteiger partial charge in [0.25, 0.3) is 5.91 Å². The van der Waals surface area contributed by atoms with E-state index < -0.39 is 0 Å². The Morgan fingerprint density at radius 3 is 2.50 bits per heavy atom. The number of ether oxygens (including phenoxy) is 1. The fourth-order valence-electron chi connectivity index (χ4n) is 2.58. The molecular formula is C20H21N5O3. The summed E-state index contributed by atoms with van der Waals surface area (Å²) in [6, 6.07) is 14.6. The van der Waals surface area contributed by atoms with Crippen molar-refractivity contribution < 1.29 is 14.7 Å². The molecule has 1 heterocycles. The van der Waals surface area contributed by atoms with Crippen LogP contribution >= 0.6 is 0 Å². The number of nitrogens with one attached hydrogen (secondary N) is 3. The van der Waals surface area contributed by atoms with E-state index in [0.29, 0.717) is 22.9 Å². The number of hydrogen-bond donors (Lipinski definition) is 4. The van der Waals surface area contributed by atoms with E-state index in [9.17, 15) is 4.79 Å². The van der Waals surface area contributed by atoms with Gasteiger partial charge in [-0.3, -0.25) is 15.5 Å². The molecule has 144 valence electrons. The Hall–Kier alpha value is -3.65. The molecule has 0 atom stereocenters. The minimum absolute atomic E-state index is 0.234. The van der Waals surface area contributed by atoms with Gasteiger partial charge < -0.3 is 15.0 Å². The number of H-pyrrole nitrogens is 1. The smallest absolute Gasteiger partial charge is 0.272 e. The summed E-state index contributed by atoms with van der Waals surface area (Å²) < 4.78 is 5.21. The van der Waals surface area contributed by atoms with E-state index in [1.54, 1.807) is 39.2 Å². The third-order valence-electron chi connectivity index (χ3n) is 4.14. The van der Waals surface area contributed by atoms with Gasteiger partial charge in [-0.1, -0.05) is 12.1 Å². The molecule has 0 aliphatic heterocycles. The zero-order chi connectivity index (χ0) is 20.1. The number of aromatic amines is 1. The summed E-state index contributed by atoms with van der Waals surface area (Å²) in [5.74, 6) is 0.794. The third kappa shape index (κ3) is 4.36. The Bertz CT molecular complexity index is 1050. The van der Waals surface area contributed by atoms with Gasteiger partial charge in [0.15, 0.2) is 0 Å². The molecule has 0 aliphatic rings. The summed E-state index contributed by atoms with van der Waals surface area (Å²) in [5, 5.41) is 20.3. The Labute approximate surface area is 161 Å². The lowest BCUT2D eigenvalue weighted by Gasteiger charge is -2.05. The van der Waals surface area contributed by atoms with Crippen LogP contribution < -0.4 is 15.5 Å². The van der Waals surface area contributed by atoms with E-state index in [1.807, 2.05) is 35.8 Å². The lowest BCUT2D eigenvalue weighted by atomic mass is 10.1. The largest absolute Gasteiger partial charge is 0.497 e. The van der Waals surface area contributed by atoms with Crippen LogP contribution in [-0.2, 0) is 0 Å². The van der Waals surface area contributed by atoms with Gasteiger partial charge in [0.1, 0.15) is 17.3 Å². The maximum Gasteiger partial charge on any atom is 0.272 e. The molecule has 0 unspecified atom stereocenters. The minimum atomic E-state index is -0.234. The number of anilines is 1. The monoisotopic (exact) mass is 379 g/mol. The quantitative estimate of drug-likeness (QED) is 0.309. The fourth-order valence-corrected chi connectivity index (χ4v) is 2.58. The number of hydroxylamine groups is 1. The molecule has 2 aromatic carbocycles. The number of aromatic nitrogens is 1. The summed E-state index contributed by atoms with van der Waals surface area (Å²) in [5.41, 5.74) is 5.44. The second kappa shape index (κ2) is 8.36. The first-order valence-electron chi connectivity index (χ1n) is 8.57. The van der Waals surface area contributed by atoms with Crippen LogP contribution in [0, 0.1) is 0 Å². The van der Waals surface area contributed by atoms with E-state index in [2.05, 4.69) is 20.5 Å². The SMILES string of the molecule is COc1ccc2[nH]c(C(=O)Nc3ccc(/C(C)=N/N=C(/C)NO)cc3)cc2c1. The van der Waals surface area contributed by atoms with Gasteiger partial charge >= 0.3 is 0 Å².